The van der Waals surface area contributed by atoms with Crippen molar-refractivity contribution in [1.82, 2.24) is 0 Å². The Labute approximate surface area is 99.4 Å². The summed E-state index contributed by atoms with van der Waals surface area (Å²) in [6.45, 7) is 1.44. The molecule has 5 heteroatoms. The minimum atomic E-state index is -0.620. The number of anilines is 1. The first-order valence-electron chi connectivity index (χ1n) is 5.68. The van der Waals surface area contributed by atoms with E-state index in [1.54, 1.807) is 12.1 Å². The van der Waals surface area contributed by atoms with Gasteiger partial charge in [0.2, 0.25) is 5.91 Å². The zero-order chi connectivity index (χ0) is 12.4. The average Bonchev–Trinajstić information content (AvgIpc) is 2.28. The Balaban J connectivity index is 2.23. The maximum absolute atomic E-state index is 13.8. The minimum Gasteiger partial charge on any atom is -0.368 e. The fraction of sp³-hybridized carbons (Fsp3) is 0.417. The zero-order valence-corrected chi connectivity index (χ0v) is 9.53. The van der Waals surface area contributed by atoms with Crippen molar-refractivity contribution in [3.05, 3.63) is 29.6 Å². The van der Waals surface area contributed by atoms with Crippen molar-refractivity contribution in [1.29, 1.82) is 0 Å². The van der Waals surface area contributed by atoms with Crippen molar-refractivity contribution in [3.8, 4) is 0 Å². The summed E-state index contributed by atoms with van der Waals surface area (Å²) < 4.78 is 13.8. The summed E-state index contributed by atoms with van der Waals surface area (Å²) in [6, 6.07) is 4.39. The van der Waals surface area contributed by atoms with E-state index in [2.05, 4.69) is 0 Å². The normalized spacial score (nSPS) is 20.4. The highest BCUT2D eigenvalue weighted by Gasteiger charge is 2.19. The maximum atomic E-state index is 13.8. The molecule has 0 saturated carbocycles. The molecule has 92 valence electrons. The number of rotatable bonds is 2. The van der Waals surface area contributed by atoms with E-state index in [9.17, 15) is 9.18 Å². The molecule has 1 fully saturated rings. The number of nitrogens with zero attached hydrogens (tertiary/aromatic N) is 1. The van der Waals surface area contributed by atoms with Crippen molar-refractivity contribution in [2.75, 3.05) is 18.0 Å². The molecule has 17 heavy (non-hydrogen) atoms. The highest BCUT2D eigenvalue weighted by atomic mass is 19.1. The van der Waals surface area contributed by atoms with Gasteiger partial charge in [0.15, 0.2) is 0 Å². The van der Waals surface area contributed by atoms with Gasteiger partial charge in [-0.25, -0.2) is 4.39 Å². The van der Waals surface area contributed by atoms with Crippen LogP contribution in [0, 0.1) is 5.82 Å². The number of amides is 1. The van der Waals surface area contributed by atoms with Gasteiger partial charge < -0.3 is 16.4 Å². The first-order valence-corrected chi connectivity index (χ1v) is 5.68. The number of primary amides is 1. The van der Waals surface area contributed by atoms with Crippen LogP contribution in [0.5, 0.6) is 0 Å². The number of hydrogen-bond acceptors (Lipinski definition) is 3. The highest BCUT2D eigenvalue weighted by molar-refractivity contribution is 5.93. The van der Waals surface area contributed by atoms with Gasteiger partial charge in [-0.2, -0.15) is 0 Å². The third kappa shape index (κ3) is 2.55. The Bertz CT molecular complexity index is 436. The number of piperidine rings is 1. The Morgan fingerprint density at radius 3 is 2.82 bits per heavy atom. The van der Waals surface area contributed by atoms with Gasteiger partial charge in [0, 0.05) is 24.7 Å². The van der Waals surface area contributed by atoms with Gasteiger partial charge in [-0.1, -0.05) is 0 Å². The molecule has 1 aromatic rings. The van der Waals surface area contributed by atoms with Crippen LogP contribution in [0.4, 0.5) is 10.1 Å². The van der Waals surface area contributed by atoms with E-state index >= 15 is 0 Å². The SMILES string of the molecule is NC(=O)c1ccc(N2CCCC(N)C2)c(F)c1. The van der Waals surface area contributed by atoms with Gasteiger partial charge in [-0.05, 0) is 31.0 Å². The second-order valence-electron chi connectivity index (χ2n) is 4.38. The summed E-state index contributed by atoms with van der Waals surface area (Å²) in [6.07, 6.45) is 1.93. The lowest BCUT2D eigenvalue weighted by atomic mass is 10.1. The Morgan fingerprint density at radius 1 is 1.47 bits per heavy atom. The predicted molar refractivity (Wildman–Crippen MR) is 64.3 cm³/mol. The van der Waals surface area contributed by atoms with Gasteiger partial charge in [0.25, 0.3) is 0 Å². The van der Waals surface area contributed by atoms with Crippen LogP contribution in [0.3, 0.4) is 0 Å². The average molecular weight is 237 g/mol. The Morgan fingerprint density at radius 2 is 2.24 bits per heavy atom. The zero-order valence-electron chi connectivity index (χ0n) is 9.53. The molecule has 1 aromatic carbocycles. The summed E-state index contributed by atoms with van der Waals surface area (Å²) >= 11 is 0. The lowest BCUT2D eigenvalue weighted by Crippen LogP contribution is -2.43. The van der Waals surface area contributed by atoms with Gasteiger partial charge in [-0.15, -0.1) is 0 Å². The molecule has 1 amide bonds. The standard InChI is InChI=1S/C12H16FN3O/c13-10-6-8(12(15)17)3-4-11(10)16-5-1-2-9(14)7-16/h3-4,6,9H,1-2,5,7,14H2,(H2,15,17). The largest absolute Gasteiger partial charge is 0.368 e. The molecule has 2 rings (SSSR count). The molecule has 0 aromatic heterocycles. The molecule has 4 nitrogen and oxygen atoms in total. The predicted octanol–water partition coefficient (Wildman–Crippen LogP) is 0.852. The number of nitrogens with two attached hydrogens (primary N) is 2. The summed E-state index contributed by atoms with van der Waals surface area (Å²) in [5.74, 6) is -1.04. The molecule has 0 aliphatic carbocycles. The topological polar surface area (TPSA) is 72.4 Å². The molecule has 1 unspecified atom stereocenters. The van der Waals surface area contributed by atoms with E-state index in [0.29, 0.717) is 12.2 Å². The molecule has 1 aliphatic rings. The van der Waals surface area contributed by atoms with Crippen LogP contribution in [-0.2, 0) is 0 Å². The first-order chi connectivity index (χ1) is 8.08. The highest BCUT2D eigenvalue weighted by Crippen LogP contribution is 2.23. The second kappa shape index (κ2) is 4.71. The van der Waals surface area contributed by atoms with E-state index in [1.807, 2.05) is 4.90 Å². The van der Waals surface area contributed by atoms with Gasteiger partial charge >= 0.3 is 0 Å². The number of carbonyl (C=O) groups is 1. The van der Waals surface area contributed by atoms with Crippen LogP contribution in [-0.4, -0.2) is 25.0 Å². The third-order valence-electron chi connectivity index (χ3n) is 3.03. The smallest absolute Gasteiger partial charge is 0.248 e. The molecule has 0 bridgehead atoms. The molecule has 4 N–H and O–H groups in total. The Hall–Kier alpha value is -1.62. The first kappa shape index (κ1) is 11.9. The van der Waals surface area contributed by atoms with Gasteiger partial charge in [0.05, 0.1) is 5.69 Å². The van der Waals surface area contributed by atoms with Crippen LogP contribution in [0.25, 0.3) is 0 Å². The number of benzene rings is 1. The number of hydrogen-bond donors (Lipinski definition) is 2. The molecule has 0 radical (unpaired) electrons. The molecule has 1 atom stereocenters. The fourth-order valence-electron chi connectivity index (χ4n) is 2.15. The van der Waals surface area contributed by atoms with Crippen molar-refractivity contribution < 1.29 is 9.18 Å². The maximum Gasteiger partial charge on any atom is 0.248 e. The summed E-state index contributed by atoms with van der Waals surface area (Å²) in [7, 11) is 0. The van der Waals surface area contributed by atoms with Gasteiger partial charge in [0.1, 0.15) is 5.82 Å². The summed E-state index contributed by atoms with van der Waals surface area (Å²) in [5, 5.41) is 0. The van der Waals surface area contributed by atoms with E-state index in [4.69, 9.17) is 11.5 Å². The molecular formula is C12H16FN3O. The fourth-order valence-corrected chi connectivity index (χ4v) is 2.15. The Kier molecular flexibility index (Phi) is 3.28. The van der Waals surface area contributed by atoms with Crippen molar-refractivity contribution >= 4 is 11.6 Å². The van der Waals surface area contributed by atoms with Crippen LogP contribution >= 0.6 is 0 Å². The lowest BCUT2D eigenvalue weighted by molar-refractivity contribution is 0.1000. The van der Waals surface area contributed by atoms with E-state index < -0.39 is 11.7 Å². The van der Waals surface area contributed by atoms with Crippen LogP contribution < -0.4 is 16.4 Å². The monoisotopic (exact) mass is 237 g/mol. The van der Waals surface area contributed by atoms with E-state index in [0.717, 1.165) is 19.4 Å². The lowest BCUT2D eigenvalue weighted by Gasteiger charge is -2.32. The quantitative estimate of drug-likeness (QED) is 0.801. The minimum absolute atomic E-state index is 0.0824. The van der Waals surface area contributed by atoms with Crippen molar-refractivity contribution in [3.63, 3.8) is 0 Å². The van der Waals surface area contributed by atoms with E-state index in [1.165, 1.54) is 6.07 Å². The number of carbonyl (C=O) groups excluding carboxylic acids is 1. The summed E-state index contributed by atoms with van der Waals surface area (Å²) in [5.41, 5.74) is 11.6. The van der Waals surface area contributed by atoms with E-state index in [-0.39, 0.29) is 11.6 Å². The third-order valence-corrected chi connectivity index (χ3v) is 3.03. The van der Waals surface area contributed by atoms with Crippen molar-refractivity contribution in [2.45, 2.75) is 18.9 Å². The summed E-state index contributed by atoms with van der Waals surface area (Å²) in [4.78, 5) is 12.8. The van der Waals surface area contributed by atoms with Crippen molar-refractivity contribution in [2.24, 2.45) is 11.5 Å². The number of halogens is 1. The molecular weight excluding hydrogens is 221 g/mol. The molecule has 0 spiro atoms. The van der Waals surface area contributed by atoms with Crippen LogP contribution in [0.1, 0.15) is 23.2 Å². The molecule has 1 saturated heterocycles. The molecule has 1 aliphatic heterocycles. The van der Waals surface area contributed by atoms with Gasteiger partial charge in [-0.3, -0.25) is 4.79 Å². The second-order valence-corrected chi connectivity index (χ2v) is 4.38. The van der Waals surface area contributed by atoms with Crippen LogP contribution in [0.15, 0.2) is 18.2 Å². The van der Waals surface area contributed by atoms with Crippen LogP contribution in [0.2, 0.25) is 0 Å². The molecule has 1 heterocycles.